The fourth-order valence-electron chi connectivity index (χ4n) is 2.45. The van der Waals surface area contributed by atoms with Crippen molar-refractivity contribution in [3.8, 4) is 0 Å². The molecule has 1 aliphatic rings. The zero-order valence-electron chi connectivity index (χ0n) is 11.9. The van der Waals surface area contributed by atoms with Gasteiger partial charge < -0.3 is 14.2 Å². The third-order valence-corrected chi connectivity index (χ3v) is 3.53. The summed E-state index contributed by atoms with van der Waals surface area (Å²) in [6.07, 6.45) is -2.60. The standard InChI is InChI=1S/C17H15FO4/c1-20-16(19)15-14(12-9-5-6-10-13(12)18)21-17(22-15)11-7-3-2-4-8-11/h2-10,14-15,17H,1H3/t14-,15-,17?/m1/s1. The van der Waals surface area contributed by atoms with Crippen molar-refractivity contribution in [3.05, 3.63) is 71.5 Å². The van der Waals surface area contributed by atoms with Crippen molar-refractivity contribution >= 4 is 5.97 Å². The number of benzene rings is 2. The number of methoxy groups -OCH3 is 1. The Labute approximate surface area is 127 Å². The van der Waals surface area contributed by atoms with Gasteiger partial charge in [-0.1, -0.05) is 48.5 Å². The van der Waals surface area contributed by atoms with Crippen LogP contribution in [0, 0.1) is 5.82 Å². The van der Waals surface area contributed by atoms with Crippen LogP contribution in [0.5, 0.6) is 0 Å². The molecule has 0 aliphatic carbocycles. The molecule has 114 valence electrons. The van der Waals surface area contributed by atoms with Crippen molar-refractivity contribution < 1.29 is 23.4 Å². The van der Waals surface area contributed by atoms with Gasteiger partial charge in [0.25, 0.3) is 0 Å². The minimum Gasteiger partial charge on any atom is -0.467 e. The first-order valence-corrected chi connectivity index (χ1v) is 6.89. The molecule has 0 aromatic heterocycles. The number of rotatable bonds is 3. The number of halogens is 1. The first kappa shape index (κ1) is 14.7. The second-order valence-corrected chi connectivity index (χ2v) is 4.90. The van der Waals surface area contributed by atoms with Gasteiger partial charge >= 0.3 is 5.97 Å². The molecule has 0 spiro atoms. The van der Waals surface area contributed by atoms with Gasteiger partial charge in [-0.3, -0.25) is 0 Å². The van der Waals surface area contributed by atoms with E-state index >= 15 is 0 Å². The third kappa shape index (κ3) is 2.73. The highest BCUT2D eigenvalue weighted by Gasteiger charge is 2.44. The van der Waals surface area contributed by atoms with Gasteiger partial charge in [0, 0.05) is 11.1 Å². The van der Waals surface area contributed by atoms with E-state index in [1.807, 2.05) is 30.3 Å². The monoisotopic (exact) mass is 302 g/mol. The largest absolute Gasteiger partial charge is 0.467 e. The van der Waals surface area contributed by atoms with Crippen molar-refractivity contribution in [2.75, 3.05) is 7.11 Å². The lowest BCUT2D eigenvalue weighted by molar-refractivity contribution is -0.154. The quantitative estimate of drug-likeness (QED) is 0.817. The molecule has 2 aromatic rings. The molecule has 0 bridgehead atoms. The highest BCUT2D eigenvalue weighted by atomic mass is 19.1. The molecule has 1 unspecified atom stereocenters. The van der Waals surface area contributed by atoms with Crippen molar-refractivity contribution in [2.24, 2.45) is 0 Å². The lowest BCUT2D eigenvalue weighted by Crippen LogP contribution is -2.27. The van der Waals surface area contributed by atoms with Crippen LogP contribution >= 0.6 is 0 Å². The Bertz CT molecular complexity index is 659. The molecule has 5 heteroatoms. The Morgan fingerprint density at radius 1 is 1.05 bits per heavy atom. The number of hydrogen-bond donors (Lipinski definition) is 0. The molecule has 0 saturated carbocycles. The normalized spacial score (nSPS) is 24.2. The molecule has 22 heavy (non-hydrogen) atoms. The van der Waals surface area contributed by atoms with Gasteiger partial charge in [-0.15, -0.1) is 0 Å². The average molecular weight is 302 g/mol. The van der Waals surface area contributed by atoms with E-state index in [-0.39, 0.29) is 5.56 Å². The van der Waals surface area contributed by atoms with Crippen molar-refractivity contribution in [1.29, 1.82) is 0 Å². The van der Waals surface area contributed by atoms with Gasteiger partial charge in [0.1, 0.15) is 11.9 Å². The molecule has 1 fully saturated rings. The Kier molecular flexibility index (Phi) is 4.18. The molecule has 2 aromatic carbocycles. The van der Waals surface area contributed by atoms with Gasteiger partial charge in [-0.2, -0.15) is 0 Å². The third-order valence-electron chi connectivity index (χ3n) is 3.53. The van der Waals surface area contributed by atoms with Gasteiger partial charge in [-0.05, 0) is 6.07 Å². The predicted octanol–water partition coefficient (Wildman–Crippen LogP) is 3.15. The molecular formula is C17H15FO4. The van der Waals surface area contributed by atoms with Crippen LogP contribution < -0.4 is 0 Å². The maximum absolute atomic E-state index is 14.0. The molecular weight excluding hydrogens is 287 g/mol. The Morgan fingerprint density at radius 2 is 1.73 bits per heavy atom. The molecule has 3 rings (SSSR count). The molecule has 1 saturated heterocycles. The number of hydrogen-bond acceptors (Lipinski definition) is 4. The zero-order valence-corrected chi connectivity index (χ0v) is 11.9. The molecule has 0 N–H and O–H groups in total. The number of carbonyl (C=O) groups is 1. The Hall–Kier alpha value is -2.24. The number of esters is 1. The van der Waals surface area contributed by atoms with Crippen LogP contribution in [0.4, 0.5) is 4.39 Å². The first-order valence-electron chi connectivity index (χ1n) is 6.89. The summed E-state index contributed by atoms with van der Waals surface area (Å²) in [5.41, 5.74) is 1.03. The highest BCUT2D eigenvalue weighted by Crippen LogP contribution is 2.41. The van der Waals surface area contributed by atoms with E-state index in [1.165, 1.54) is 13.2 Å². The summed E-state index contributed by atoms with van der Waals surface area (Å²) in [6.45, 7) is 0. The molecule has 0 amide bonds. The molecule has 3 atom stereocenters. The lowest BCUT2D eigenvalue weighted by atomic mass is 10.0. The number of carbonyl (C=O) groups excluding carboxylic acids is 1. The first-order chi connectivity index (χ1) is 10.7. The van der Waals surface area contributed by atoms with Gasteiger partial charge in [0.2, 0.25) is 0 Å². The van der Waals surface area contributed by atoms with E-state index in [4.69, 9.17) is 14.2 Å². The molecule has 0 radical (unpaired) electrons. The summed E-state index contributed by atoms with van der Waals surface area (Å²) < 4.78 is 30.2. The lowest BCUT2D eigenvalue weighted by Gasteiger charge is -2.15. The van der Waals surface area contributed by atoms with Crippen LogP contribution in [-0.4, -0.2) is 19.2 Å². The maximum atomic E-state index is 14.0. The minimum atomic E-state index is -1.01. The summed E-state index contributed by atoms with van der Waals surface area (Å²) in [4.78, 5) is 11.9. The van der Waals surface area contributed by atoms with E-state index in [0.29, 0.717) is 0 Å². The molecule has 1 heterocycles. The van der Waals surface area contributed by atoms with Gasteiger partial charge in [0.05, 0.1) is 7.11 Å². The van der Waals surface area contributed by atoms with Crippen LogP contribution in [0.3, 0.4) is 0 Å². The second-order valence-electron chi connectivity index (χ2n) is 4.90. The van der Waals surface area contributed by atoms with Gasteiger partial charge in [0.15, 0.2) is 12.4 Å². The summed E-state index contributed by atoms with van der Waals surface area (Å²) in [5.74, 6) is -1.04. The van der Waals surface area contributed by atoms with Crippen molar-refractivity contribution in [1.82, 2.24) is 0 Å². The molecule has 4 nitrogen and oxygen atoms in total. The summed E-state index contributed by atoms with van der Waals surface area (Å²) in [5, 5.41) is 0. The topological polar surface area (TPSA) is 44.8 Å². The minimum absolute atomic E-state index is 0.274. The number of ether oxygens (including phenoxy) is 3. The van der Waals surface area contributed by atoms with Crippen LogP contribution in [0.15, 0.2) is 54.6 Å². The van der Waals surface area contributed by atoms with Crippen LogP contribution in [0.2, 0.25) is 0 Å². The van der Waals surface area contributed by atoms with E-state index in [1.54, 1.807) is 18.2 Å². The maximum Gasteiger partial charge on any atom is 0.338 e. The van der Waals surface area contributed by atoms with E-state index in [9.17, 15) is 9.18 Å². The Morgan fingerprint density at radius 3 is 2.41 bits per heavy atom. The van der Waals surface area contributed by atoms with E-state index in [2.05, 4.69) is 0 Å². The smallest absolute Gasteiger partial charge is 0.338 e. The van der Waals surface area contributed by atoms with Crippen LogP contribution in [0.25, 0.3) is 0 Å². The summed E-state index contributed by atoms with van der Waals surface area (Å²) >= 11 is 0. The van der Waals surface area contributed by atoms with Crippen molar-refractivity contribution in [3.63, 3.8) is 0 Å². The second kappa shape index (κ2) is 6.25. The Balaban J connectivity index is 1.93. The van der Waals surface area contributed by atoms with Gasteiger partial charge in [-0.25, -0.2) is 9.18 Å². The van der Waals surface area contributed by atoms with Crippen molar-refractivity contribution in [2.45, 2.75) is 18.5 Å². The van der Waals surface area contributed by atoms with Crippen LogP contribution in [-0.2, 0) is 19.0 Å². The summed E-state index contributed by atoms with van der Waals surface area (Å²) in [7, 11) is 1.26. The summed E-state index contributed by atoms with van der Waals surface area (Å²) in [6, 6.07) is 15.4. The highest BCUT2D eigenvalue weighted by molar-refractivity contribution is 5.76. The fraction of sp³-hybridized carbons (Fsp3) is 0.235. The average Bonchev–Trinajstić information content (AvgIpc) is 3.00. The SMILES string of the molecule is COC(=O)[C@@H]1OC(c2ccccc2)O[C@@H]1c1ccccc1F. The molecule has 1 aliphatic heterocycles. The van der Waals surface area contributed by atoms with Crippen LogP contribution in [0.1, 0.15) is 23.5 Å². The zero-order chi connectivity index (χ0) is 15.5. The predicted molar refractivity (Wildman–Crippen MR) is 76.3 cm³/mol. The van der Waals surface area contributed by atoms with E-state index < -0.39 is 30.3 Å². The van der Waals surface area contributed by atoms with E-state index in [0.717, 1.165) is 5.56 Å². The fourth-order valence-corrected chi connectivity index (χ4v) is 2.45.